The van der Waals surface area contributed by atoms with E-state index in [1.807, 2.05) is 0 Å². The molecule has 0 atom stereocenters. The van der Waals surface area contributed by atoms with Gasteiger partial charge in [-0.05, 0) is 30.7 Å². The molecule has 1 saturated heterocycles. The van der Waals surface area contributed by atoms with Gasteiger partial charge in [-0.1, -0.05) is 11.6 Å². The molecule has 0 aromatic heterocycles. The summed E-state index contributed by atoms with van der Waals surface area (Å²) in [5.41, 5.74) is 0. The third-order valence-corrected chi connectivity index (χ3v) is 3.39. The molecule has 0 amide bonds. The number of ketones is 1. The lowest BCUT2D eigenvalue weighted by atomic mass is 9.99. The van der Waals surface area contributed by atoms with Gasteiger partial charge in [-0.15, -0.1) is 0 Å². The maximum atomic E-state index is 12.0. The van der Waals surface area contributed by atoms with Crippen molar-refractivity contribution in [3.05, 3.63) is 29.3 Å². The molecule has 0 saturated carbocycles. The summed E-state index contributed by atoms with van der Waals surface area (Å²) in [4.78, 5) is 35.5. The molecule has 6 nitrogen and oxygen atoms in total. The van der Waals surface area contributed by atoms with Crippen molar-refractivity contribution in [3.8, 4) is 5.75 Å². The van der Waals surface area contributed by atoms with E-state index >= 15 is 0 Å². The Kier molecular flexibility index (Phi) is 5.26. The van der Waals surface area contributed by atoms with E-state index in [2.05, 4.69) is 0 Å². The van der Waals surface area contributed by atoms with Crippen LogP contribution in [0.5, 0.6) is 5.75 Å². The number of hydrogen-bond donors (Lipinski definition) is 0. The Morgan fingerprint density at radius 3 is 2.30 bits per heavy atom. The molecule has 124 valence electrons. The maximum Gasteiger partial charge on any atom is 0.331 e. The SMILES string of the molecule is CC1(C)OC(=O)C(C(=O)CCCOc2ccc(Cl)cc2)C(=O)O1. The van der Waals surface area contributed by atoms with Crippen LogP contribution in [0.3, 0.4) is 0 Å². The highest BCUT2D eigenvalue weighted by Crippen LogP contribution is 2.24. The van der Waals surface area contributed by atoms with Gasteiger partial charge >= 0.3 is 11.9 Å². The average Bonchev–Trinajstić information content (AvgIpc) is 2.43. The van der Waals surface area contributed by atoms with Crippen LogP contribution in [0, 0.1) is 5.92 Å². The lowest BCUT2D eigenvalue weighted by molar-refractivity contribution is -0.238. The molecule has 7 heteroatoms. The number of cyclic esters (lactones) is 2. The summed E-state index contributed by atoms with van der Waals surface area (Å²) in [5, 5.41) is 0.602. The standard InChI is InChI=1S/C16H17ClO6/c1-16(2)22-14(19)13(15(20)23-16)12(18)4-3-9-21-11-7-5-10(17)6-8-11/h5-8,13H,3-4,9H2,1-2H3. The molecule has 0 aliphatic carbocycles. The summed E-state index contributed by atoms with van der Waals surface area (Å²) in [6.07, 6.45) is 0.380. The van der Waals surface area contributed by atoms with Crippen LogP contribution in [-0.4, -0.2) is 30.1 Å². The number of carbonyl (C=O) groups excluding carboxylic acids is 3. The van der Waals surface area contributed by atoms with Gasteiger partial charge in [-0.2, -0.15) is 0 Å². The van der Waals surface area contributed by atoms with Gasteiger partial charge in [0.2, 0.25) is 5.92 Å². The molecule has 1 aromatic carbocycles. The van der Waals surface area contributed by atoms with E-state index in [9.17, 15) is 14.4 Å². The summed E-state index contributed by atoms with van der Waals surface area (Å²) < 4.78 is 15.3. The van der Waals surface area contributed by atoms with Crippen LogP contribution in [0.1, 0.15) is 26.7 Å². The molecule has 23 heavy (non-hydrogen) atoms. The van der Waals surface area contributed by atoms with Gasteiger partial charge in [0, 0.05) is 25.3 Å². The van der Waals surface area contributed by atoms with Gasteiger partial charge in [0.1, 0.15) is 5.75 Å². The summed E-state index contributed by atoms with van der Waals surface area (Å²) in [5.74, 6) is -4.47. The molecule has 0 unspecified atom stereocenters. The van der Waals surface area contributed by atoms with E-state index in [0.717, 1.165) is 0 Å². The molecule has 0 bridgehead atoms. The van der Waals surface area contributed by atoms with Gasteiger partial charge in [0.25, 0.3) is 5.79 Å². The minimum atomic E-state index is -1.50. The number of Topliss-reactive ketones (excluding diaryl/α,β-unsaturated/α-hetero) is 1. The maximum absolute atomic E-state index is 12.0. The Morgan fingerprint density at radius 2 is 1.74 bits per heavy atom. The van der Waals surface area contributed by atoms with Gasteiger partial charge in [-0.3, -0.25) is 14.4 Å². The number of carbonyl (C=O) groups is 3. The Labute approximate surface area is 138 Å². The van der Waals surface area contributed by atoms with Crippen LogP contribution < -0.4 is 4.74 Å². The first-order valence-electron chi connectivity index (χ1n) is 7.15. The van der Waals surface area contributed by atoms with Crippen LogP contribution in [0.4, 0.5) is 0 Å². The number of hydrogen-bond acceptors (Lipinski definition) is 6. The van der Waals surface area contributed by atoms with E-state index < -0.39 is 29.4 Å². The number of esters is 2. The zero-order valence-electron chi connectivity index (χ0n) is 12.8. The predicted molar refractivity (Wildman–Crippen MR) is 80.9 cm³/mol. The van der Waals surface area contributed by atoms with Crippen LogP contribution in [0.2, 0.25) is 5.02 Å². The number of ether oxygens (including phenoxy) is 3. The normalized spacial score (nSPS) is 17.3. The minimum Gasteiger partial charge on any atom is -0.494 e. The molecular formula is C16H17ClO6. The smallest absolute Gasteiger partial charge is 0.331 e. The van der Waals surface area contributed by atoms with E-state index in [0.29, 0.717) is 17.2 Å². The summed E-state index contributed by atoms with van der Waals surface area (Å²) in [6, 6.07) is 6.81. The topological polar surface area (TPSA) is 78.9 Å². The minimum absolute atomic E-state index is 0.0168. The van der Waals surface area contributed by atoms with Crippen molar-refractivity contribution in [3.63, 3.8) is 0 Å². The van der Waals surface area contributed by atoms with E-state index in [4.69, 9.17) is 25.8 Å². The average molecular weight is 341 g/mol. The molecular weight excluding hydrogens is 324 g/mol. The van der Waals surface area contributed by atoms with Crippen molar-refractivity contribution in [2.24, 2.45) is 5.92 Å². The first-order chi connectivity index (χ1) is 10.8. The van der Waals surface area contributed by atoms with E-state index in [-0.39, 0.29) is 13.0 Å². The first kappa shape index (κ1) is 17.3. The largest absolute Gasteiger partial charge is 0.494 e. The lowest BCUT2D eigenvalue weighted by Crippen LogP contribution is -2.49. The van der Waals surface area contributed by atoms with Crippen molar-refractivity contribution in [2.75, 3.05) is 6.61 Å². The second-order valence-electron chi connectivity index (χ2n) is 5.55. The molecule has 1 aliphatic heterocycles. The highest BCUT2D eigenvalue weighted by molar-refractivity contribution is 6.30. The van der Waals surface area contributed by atoms with Crippen molar-refractivity contribution < 1.29 is 28.6 Å². The molecule has 1 heterocycles. The van der Waals surface area contributed by atoms with Crippen LogP contribution in [0.15, 0.2) is 24.3 Å². The second-order valence-corrected chi connectivity index (χ2v) is 5.98. The van der Waals surface area contributed by atoms with Crippen LogP contribution in [-0.2, 0) is 23.9 Å². The molecule has 1 aliphatic rings. The van der Waals surface area contributed by atoms with E-state index in [1.54, 1.807) is 24.3 Å². The molecule has 0 radical (unpaired) electrons. The van der Waals surface area contributed by atoms with Crippen molar-refractivity contribution in [1.29, 1.82) is 0 Å². The second kappa shape index (κ2) is 7.00. The van der Waals surface area contributed by atoms with Gasteiger partial charge in [-0.25, -0.2) is 0 Å². The number of benzene rings is 1. The lowest BCUT2D eigenvalue weighted by Gasteiger charge is -2.32. The molecule has 0 N–H and O–H groups in total. The van der Waals surface area contributed by atoms with Gasteiger partial charge < -0.3 is 14.2 Å². The number of halogens is 1. The fourth-order valence-electron chi connectivity index (χ4n) is 2.09. The third kappa shape index (κ3) is 4.69. The van der Waals surface area contributed by atoms with Crippen LogP contribution >= 0.6 is 11.6 Å². The molecule has 1 fully saturated rings. The highest BCUT2D eigenvalue weighted by Gasteiger charge is 2.46. The fourth-order valence-corrected chi connectivity index (χ4v) is 2.22. The zero-order chi connectivity index (χ0) is 17.0. The Hall–Kier alpha value is -2.08. The summed E-state index contributed by atoms with van der Waals surface area (Å²) >= 11 is 5.76. The third-order valence-electron chi connectivity index (χ3n) is 3.14. The van der Waals surface area contributed by atoms with Crippen molar-refractivity contribution in [2.45, 2.75) is 32.5 Å². The monoisotopic (exact) mass is 340 g/mol. The Balaban J connectivity index is 1.79. The number of rotatable bonds is 6. The quantitative estimate of drug-likeness (QED) is 0.450. The molecule has 0 spiro atoms. The first-order valence-corrected chi connectivity index (χ1v) is 7.53. The zero-order valence-corrected chi connectivity index (χ0v) is 13.6. The van der Waals surface area contributed by atoms with Gasteiger partial charge in [0.05, 0.1) is 6.61 Å². The molecule has 1 aromatic rings. The molecule has 2 rings (SSSR count). The van der Waals surface area contributed by atoms with Crippen LogP contribution in [0.25, 0.3) is 0 Å². The summed E-state index contributed by atoms with van der Waals surface area (Å²) in [7, 11) is 0. The summed E-state index contributed by atoms with van der Waals surface area (Å²) in [6.45, 7) is 3.14. The Bertz CT molecular complexity index is 588. The highest BCUT2D eigenvalue weighted by atomic mass is 35.5. The van der Waals surface area contributed by atoms with Gasteiger partial charge in [0.15, 0.2) is 5.78 Å². The predicted octanol–water partition coefficient (Wildman–Crippen LogP) is 2.52. The Morgan fingerprint density at radius 1 is 1.17 bits per heavy atom. The fraction of sp³-hybridized carbons (Fsp3) is 0.438. The van der Waals surface area contributed by atoms with E-state index in [1.165, 1.54) is 13.8 Å². The van der Waals surface area contributed by atoms with Crippen molar-refractivity contribution in [1.82, 2.24) is 0 Å². The van der Waals surface area contributed by atoms with Crippen molar-refractivity contribution >= 4 is 29.3 Å².